The van der Waals surface area contributed by atoms with Gasteiger partial charge in [0.2, 0.25) is 11.6 Å². The van der Waals surface area contributed by atoms with Crippen molar-refractivity contribution in [1.29, 1.82) is 0 Å². The van der Waals surface area contributed by atoms with Crippen LogP contribution in [0, 0.1) is 20.2 Å². The summed E-state index contributed by atoms with van der Waals surface area (Å²) in [4.78, 5) is 45.0. The number of nitro groups is 2. The van der Waals surface area contributed by atoms with Crippen molar-refractivity contribution in [1.82, 2.24) is 0 Å². The Kier molecular flexibility index (Phi) is 14.4. The Balaban J connectivity index is 0.000000248. The van der Waals surface area contributed by atoms with Gasteiger partial charge in [0.15, 0.2) is 0 Å². The van der Waals surface area contributed by atoms with Gasteiger partial charge in [-0.2, -0.15) is 10.2 Å². The maximum atomic E-state index is 12.2. The summed E-state index contributed by atoms with van der Waals surface area (Å²) in [6, 6.07) is 8.81. The van der Waals surface area contributed by atoms with Crippen LogP contribution in [-0.2, 0) is 42.6 Å². The second-order valence-electron chi connectivity index (χ2n) is 11.8. The average Bonchev–Trinajstić information content (AvgIpc) is 3.16. The molecular weight excluding hydrogens is 813 g/mol. The third-order valence-electron chi connectivity index (χ3n) is 8.27. The maximum Gasteiger partial charge on any atom is 2.00 e. The molecule has 2 unspecified atom stereocenters. The van der Waals surface area contributed by atoms with Crippen LogP contribution in [0.5, 0.6) is 0 Å². The quantitative estimate of drug-likeness (QED) is 0.102. The first kappa shape index (κ1) is 44.6. The SMILES string of the molecule is CCc1ccc(N=NC2=C3C=CC(=S(=O)([O-])O)C=C3C=CC2=O)cc1[N+](=O)[O-].CCc1ccc(N=NC2=C3C=CC(=S(=O)([O-])O)C=C3C=CC2=O)cc1[N+](=O)[O-].[Ca+2]. The number of rotatable bonds is 8. The van der Waals surface area contributed by atoms with Crippen LogP contribution in [0.1, 0.15) is 25.0 Å². The zero-order valence-corrected chi connectivity index (χ0v) is 33.7. The Hall–Kier alpha value is -5.16. The Morgan fingerprint density at radius 2 is 0.965 bits per heavy atom. The fourth-order valence-corrected chi connectivity index (χ4v) is 6.48. The second kappa shape index (κ2) is 18.4. The van der Waals surface area contributed by atoms with Gasteiger partial charge in [-0.1, -0.05) is 38.2 Å². The van der Waals surface area contributed by atoms with Gasteiger partial charge in [-0.05, 0) is 84.7 Å². The number of nitrogens with zero attached hydrogens (tertiary/aromatic N) is 6. The summed E-state index contributed by atoms with van der Waals surface area (Å²) in [7, 11) is -8.78. The molecule has 288 valence electrons. The first-order chi connectivity index (χ1) is 26.4. The molecule has 0 amide bonds. The van der Waals surface area contributed by atoms with Crippen LogP contribution in [0.4, 0.5) is 22.7 Å². The minimum absolute atomic E-state index is 0. The molecule has 0 saturated heterocycles. The van der Waals surface area contributed by atoms with Crippen LogP contribution in [0.25, 0.3) is 0 Å². The molecule has 2 N–H and O–H groups in total. The van der Waals surface area contributed by atoms with Crippen LogP contribution in [0.15, 0.2) is 151 Å². The molecule has 0 aromatic heterocycles. The van der Waals surface area contributed by atoms with E-state index in [4.69, 9.17) is 9.11 Å². The van der Waals surface area contributed by atoms with Crippen LogP contribution >= 0.6 is 0 Å². The van der Waals surface area contributed by atoms with Crippen molar-refractivity contribution in [3.05, 3.63) is 162 Å². The van der Waals surface area contributed by atoms with Crippen molar-refractivity contribution in [2.45, 2.75) is 26.7 Å². The Morgan fingerprint density at radius 1 is 0.596 bits per heavy atom. The van der Waals surface area contributed by atoms with Crippen molar-refractivity contribution in [3.63, 3.8) is 0 Å². The van der Waals surface area contributed by atoms with E-state index in [2.05, 4.69) is 20.5 Å². The summed E-state index contributed by atoms with van der Waals surface area (Å²) < 4.78 is 63.4. The standard InChI is InChI=1S/2C18H15N3O6S.Ca/c2*1-2-11-3-5-13(10-16(11)21(23)24)19-20-18-15-7-6-14(28(25,26)27)9-12(15)4-8-17(18)22;/h2*3-10H,2H2,1H3,(H2,25,26,27);/q;;+2/p-2. The molecule has 6 rings (SSSR count). The van der Waals surface area contributed by atoms with E-state index in [0.717, 1.165) is 12.2 Å². The summed E-state index contributed by atoms with van der Waals surface area (Å²) in [6.07, 6.45) is 13.6. The molecule has 4 aliphatic carbocycles. The molecule has 0 saturated carbocycles. The van der Waals surface area contributed by atoms with Gasteiger partial charge in [0, 0.05) is 64.3 Å². The van der Waals surface area contributed by atoms with Crippen molar-refractivity contribution < 1.29 is 46.1 Å². The average molecular weight is 841 g/mol. The number of ketones is 2. The number of hydrogen-bond acceptors (Lipinski definition) is 14. The molecular formula is C36H28CaN6O12S2. The fraction of sp³-hybridized carbons (Fsp3) is 0.111. The van der Waals surface area contributed by atoms with E-state index in [1.54, 1.807) is 38.1 Å². The molecule has 0 radical (unpaired) electrons. The minimum Gasteiger partial charge on any atom is -0.757 e. The predicted octanol–water partition coefficient (Wildman–Crippen LogP) is 6.00. The topological polar surface area (TPSA) is 291 Å². The Labute approximate surface area is 354 Å². The molecule has 2 aromatic carbocycles. The van der Waals surface area contributed by atoms with Crippen molar-refractivity contribution in [2.24, 2.45) is 20.5 Å². The third kappa shape index (κ3) is 10.6. The number of fused-ring (bicyclic) bond motifs is 2. The van der Waals surface area contributed by atoms with Gasteiger partial charge < -0.3 is 18.2 Å². The number of benzene rings is 2. The first-order valence-electron chi connectivity index (χ1n) is 16.2. The molecule has 0 aliphatic heterocycles. The zero-order chi connectivity index (χ0) is 40.9. The smallest absolute Gasteiger partial charge is 0.757 e. The van der Waals surface area contributed by atoms with E-state index < -0.39 is 41.6 Å². The summed E-state index contributed by atoms with van der Waals surface area (Å²) in [5, 5.41) is 38.0. The van der Waals surface area contributed by atoms with Gasteiger partial charge in [-0.15, -0.1) is 10.2 Å². The molecule has 0 spiro atoms. The zero-order valence-electron chi connectivity index (χ0n) is 29.8. The van der Waals surface area contributed by atoms with Gasteiger partial charge in [0.1, 0.15) is 11.4 Å². The van der Waals surface area contributed by atoms with Crippen molar-refractivity contribution in [3.8, 4) is 0 Å². The monoisotopic (exact) mass is 840 g/mol. The summed E-state index contributed by atoms with van der Waals surface area (Å²) >= 11 is 0. The third-order valence-corrected chi connectivity index (χ3v) is 9.97. The van der Waals surface area contributed by atoms with Crippen LogP contribution in [0.2, 0.25) is 0 Å². The Bertz CT molecular complexity index is 2500. The molecule has 0 bridgehead atoms. The van der Waals surface area contributed by atoms with E-state index >= 15 is 0 Å². The molecule has 21 heteroatoms. The molecule has 2 aromatic rings. The van der Waals surface area contributed by atoms with Gasteiger partial charge in [0.05, 0.1) is 21.2 Å². The van der Waals surface area contributed by atoms with E-state index in [-0.39, 0.29) is 81.6 Å². The summed E-state index contributed by atoms with van der Waals surface area (Å²) in [5.41, 5.74) is 2.67. The summed E-state index contributed by atoms with van der Waals surface area (Å²) in [6.45, 7) is 3.59. The predicted molar refractivity (Wildman–Crippen MR) is 210 cm³/mol. The maximum absolute atomic E-state index is 12.2. The fourth-order valence-electron chi connectivity index (χ4n) is 5.45. The van der Waals surface area contributed by atoms with E-state index in [0.29, 0.717) is 46.3 Å². The van der Waals surface area contributed by atoms with Crippen LogP contribution in [-0.4, -0.2) is 95.5 Å². The van der Waals surface area contributed by atoms with Gasteiger partial charge in [0.25, 0.3) is 11.4 Å². The van der Waals surface area contributed by atoms with Crippen LogP contribution in [0.3, 0.4) is 0 Å². The minimum atomic E-state index is -4.39. The molecule has 0 heterocycles. The van der Waals surface area contributed by atoms with Crippen molar-refractivity contribution in [2.75, 3.05) is 0 Å². The summed E-state index contributed by atoms with van der Waals surface area (Å²) in [5.74, 6) is -0.897. The Morgan fingerprint density at radius 3 is 1.28 bits per heavy atom. The molecule has 57 heavy (non-hydrogen) atoms. The van der Waals surface area contributed by atoms with Crippen LogP contribution < -0.4 is 0 Å². The number of azo groups is 2. The van der Waals surface area contributed by atoms with E-state index in [1.807, 2.05) is 0 Å². The number of carbonyl (C=O) groups is 2. The molecule has 4 aliphatic rings. The van der Waals surface area contributed by atoms with Gasteiger partial charge in [-0.25, -0.2) is 0 Å². The largest absolute Gasteiger partial charge is 2.00 e. The number of hydrogen-bond donors (Lipinski definition) is 2. The number of allylic oxidation sites excluding steroid dienone is 14. The number of aryl methyl sites for hydroxylation is 2. The van der Waals surface area contributed by atoms with E-state index in [9.17, 15) is 47.3 Å². The molecule has 0 fully saturated rings. The van der Waals surface area contributed by atoms with Crippen molar-refractivity contribution >= 4 is 102 Å². The van der Waals surface area contributed by atoms with E-state index in [1.165, 1.54) is 60.7 Å². The second-order valence-corrected chi connectivity index (χ2v) is 14.6. The normalized spacial score (nSPS) is 18.0. The number of nitro benzene ring substituents is 2. The number of carbonyl (C=O) groups excluding carboxylic acids is 2. The van der Waals surface area contributed by atoms with Gasteiger partial charge >= 0.3 is 37.7 Å². The van der Waals surface area contributed by atoms with Gasteiger partial charge in [-0.3, -0.25) is 38.2 Å². The first-order valence-corrected chi connectivity index (χ1v) is 19.1. The molecule has 2 atom stereocenters. The molecule has 18 nitrogen and oxygen atoms in total.